The van der Waals surface area contributed by atoms with Crippen molar-refractivity contribution in [3.8, 4) is 0 Å². The van der Waals surface area contributed by atoms with Crippen LogP contribution in [0.4, 0.5) is 0 Å². The molecular weight excluding hydrogens is 288 g/mol. The summed E-state index contributed by atoms with van der Waals surface area (Å²) < 4.78 is 27.0. The molecule has 1 aliphatic heterocycles. The number of nitrogens with zero attached hydrogens (tertiary/aromatic N) is 2. The molecule has 1 aromatic carbocycles. The standard InChI is InChI=1S/C15H22N2O3S/c18-11-10-16-6-8-17(9-7-16)21(19,20)15-5-4-13-2-1-3-14(13)12-15/h4-5,12,18H,1-3,6-11H2. The molecular formula is C15H22N2O3S. The minimum absolute atomic E-state index is 0.123. The van der Waals surface area contributed by atoms with E-state index in [1.165, 1.54) is 11.1 Å². The molecule has 0 saturated carbocycles. The van der Waals surface area contributed by atoms with E-state index in [1.54, 1.807) is 10.4 Å². The van der Waals surface area contributed by atoms with Crippen molar-refractivity contribution in [2.24, 2.45) is 0 Å². The maximum Gasteiger partial charge on any atom is 0.243 e. The van der Waals surface area contributed by atoms with Crippen molar-refractivity contribution in [3.63, 3.8) is 0 Å². The molecule has 3 rings (SSSR count). The Morgan fingerprint density at radius 1 is 1.05 bits per heavy atom. The van der Waals surface area contributed by atoms with E-state index in [1.807, 2.05) is 12.1 Å². The van der Waals surface area contributed by atoms with Crippen LogP contribution in [0.5, 0.6) is 0 Å². The third-order valence-electron chi connectivity index (χ3n) is 4.46. The van der Waals surface area contributed by atoms with Gasteiger partial charge >= 0.3 is 0 Å². The lowest BCUT2D eigenvalue weighted by molar-refractivity contribution is 0.151. The second-order valence-corrected chi connectivity index (χ2v) is 7.69. The van der Waals surface area contributed by atoms with Gasteiger partial charge in [-0.3, -0.25) is 4.90 Å². The Balaban J connectivity index is 1.75. The average molecular weight is 310 g/mol. The number of hydrogen-bond acceptors (Lipinski definition) is 4. The van der Waals surface area contributed by atoms with Crippen molar-refractivity contribution in [1.29, 1.82) is 0 Å². The van der Waals surface area contributed by atoms with Gasteiger partial charge in [-0.15, -0.1) is 0 Å². The van der Waals surface area contributed by atoms with Crippen molar-refractivity contribution >= 4 is 10.0 Å². The van der Waals surface area contributed by atoms with Gasteiger partial charge in [0.25, 0.3) is 0 Å². The molecule has 1 N–H and O–H groups in total. The van der Waals surface area contributed by atoms with E-state index in [4.69, 9.17) is 5.11 Å². The van der Waals surface area contributed by atoms with Gasteiger partial charge in [-0.1, -0.05) is 6.07 Å². The molecule has 5 nitrogen and oxygen atoms in total. The molecule has 0 radical (unpaired) electrons. The fraction of sp³-hybridized carbons (Fsp3) is 0.600. The van der Waals surface area contributed by atoms with Crippen LogP contribution in [-0.2, 0) is 22.9 Å². The molecule has 21 heavy (non-hydrogen) atoms. The first-order chi connectivity index (χ1) is 10.1. The summed E-state index contributed by atoms with van der Waals surface area (Å²) in [5, 5.41) is 8.94. The largest absolute Gasteiger partial charge is 0.395 e. The number of hydrogen-bond donors (Lipinski definition) is 1. The summed E-state index contributed by atoms with van der Waals surface area (Å²) in [5.74, 6) is 0. The average Bonchev–Trinajstić information content (AvgIpc) is 2.95. The molecule has 1 fully saturated rings. The minimum Gasteiger partial charge on any atom is -0.395 e. The lowest BCUT2D eigenvalue weighted by atomic mass is 10.1. The van der Waals surface area contributed by atoms with Gasteiger partial charge in [-0.2, -0.15) is 4.31 Å². The number of fused-ring (bicyclic) bond motifs is 1. The first-order valence-electron chi connectivity index (χ1n) is 7.56. The SMILES string of the molecule is O=S(=O)(c1ccc2c(c1)CCC2)N1CCN(CCO)CC1. The smallest absolute Gasteiger partial charge is 0.243 e. The summed E-state index contributed by atoms with van der Waals surface area (Å²) in [7, 11) is -3.38. The van der Waals surface area contributed by atoms with Crippen LogP contribution in [0.2, 0.25) is 0 Å². The molecule has 1 saturated heterocycles. The number of aliphatic hydroxyl groups excluding tert-OH is 1. The molecule has 0 aromatic heterocycles. The Kier molecular flexibility index (Phi) is 4.31. The predicted octanol–water partition coefficient (Wildman–Crippen LogP) is 0.474. The van der Waals surface area contributed by atoms with Crippen molar-refractivity contribution < 1.29 is 13.5 Å². The summed E-state index contributed by atoms with van der Waals surface area (Å²) in [5.41, 5.74) is 2.48. The second kappa shape index (κ2) is 6.04. The Labute approximate surface area is 126 Å². The van der Waals surface area contributed by atoms with Gasteiger partial charge in [0.05, 0.1) is 11.5 Å². The Hall–Kier alpha value is -0.950. The number of sulfonamides is 1. The Morgan fingerprint density at radius 3 is 2.48 bits per heavy atom. The number of β-amino-alcohol motifs (C(OH)–C–C–N with tert-alkyl or cyclic N) is 1. The van der Waals surface area contributed by atoms with Crippen LogP contribution in [0.15, 0.2) is 23.1 Å². The van der Waals surface area contributed by atoms with Crippen molar-refractivity contribution in [1.82, 2.24) is 9.21 Å². The van der Waals surface area contributed by atoms with Gasteiger partial charge in [-0.05, 0) is 42.5 Å². The quantitative estimate of drug-likeness (QED) is 0.878. The van der Waals surface area contributed by atoms with E-state index >= 15 is 0 Å². The molecule has 0 atom stereocenters. The molecule has 1 aromatic rings. The van der Waals surface area contributed by atoms with Crippen LogP contribution in [-0.4, -0.2) is 62.1 Å². The third kappa shape index (κ3) is 2.99. The lowest BCUT2D eigenvalue weighted by Gasteiger charge is -2.33. The van der Waals surface area contributed by atoms with Gasteiger partial charge < -0.3 is 5.11 Å². The molecule has 2 aliphatic rings. The Morgan fingerprint density at radius 2 is 1.76 bits per heavy atom. The fourth-order valence-corrected chi connectivity index (χ4v) is 4.67. The van der Waals surface area contributed by atoms with Crippen LogP contribution in [0, 0.1) is 0 Å². The van der Waals surface area contributed by atoms with Crippen LogP contribution in [0.25, 0.3) is 0 Å². The predicted molar refractivity (Wildman–Crippen MR) is 80.8 cm³/mol. The summed E-state index contributed by atoms with van der Waals surface area (Å²) in [6, 6.07) is 5.58. The first kappa shape index (κ1) is 15.0. The number of benzene rings is 1. The molecule has 0 spiro atoms. The normalized spacial score (nSPS) is 20.6. The summed E-state index contributed by atoms with van der Waals surface area (Å²) >= 11 is 0. The zero-order valence-corrected chi connectivity index (χ0v) is 13.0. The van der Waals surface area contributed by atoms with E-state index < -0.39 is 10.0 Å². The first-order valence-corrected chi connectivity index (χ1v) is 9.00. The van der Waals surface area contributed by atoms with Crippen molar-refractivity contribution in [2.75, 3.05) is 39.3 Å². The number of aliphatic hydroxyl groups is 1. The van der Waals surface area contributed by atoms with E-state index in [0.717, 1.165) is 19.3 Å². The second-order valence-electron chi connectivity index (χ2n) is 5.75. The van der Waals surface area contributed by atoms with Gasteiger partial charge in [0.15, 0.2) is 0 Å². The highest BCUT2D eigenvalue weighted by molar-refractivity contribution is 7.89. The van der Waals surface area contributed by atoms with Crippen LogP contribution in [0.3, 0.4) is 0 Å². The van der Waals surface area contributed by atoms with E-state index in [2.05, 4.69) is 4.90 Å². The van der Waals surface area contributed by atoms with Gasteiger partial charge in [-0.25, -0.2) is 8.42 Å². The minimum atomic E-state index is -3.38. The lowest BCUT2D eigenvalue weighted by Crippen LogP contribution is -2.49. The monoisotopic (exact) mass is 310 g/mol. The molecule has 1 aliphatic carbocycles. The molecule has 0 bridgehead atoms. The molecule has 0 amide bonds. The number of aryl methyl sites for hydroxylation is 2. The summed E-state index contributed by atoms with van der Waals surface area (Å²) in [6.07, 6.45) is 3.18. The molecule has 116 valence electrons. The molecule has 0 unspecified atom stereocenters. The topological polar surface area (TPSA) is 60.9 Å². The summed E-state index contributed by atoms with van der Waals surface area (Å²) in [4.78, 5) is 2.52. The van der Waals surface area contributed by atoms with Gasteiger partial charge in [0.1, 0.15) is 0 Å². The van der Waals surface area contributed by atoms with Crippen LogP contribution < -0.4 is 0 Å². The Bertz CT molecular complexity index is 607. The number of rotatable bonds is 4. The maximum atomic E-state index is 12.7. The molecule has 6 heteroatoms. The van der Waals surface area contributed by atoms with E-state index in [9.17, 15) is 8.42 Å². The van der Waals surface area contributed by atoms with Gasteiger partial charge in [0.2, 0.25) is 10.0 Å². The van der Waals surface area contributed by atoms with Crippen LogP contribution in [0.1, 0.15) is 17.5 Å². The van der Waals surface area contributed by atoms with Gasteiger partial charge in [0, 0.05) is 32.7 Å². The highest BCUT2D eigenvalue weighted by Gasteiger charge is 2.29. The fourth-order valence-electron chi connectivity index (χ4n) is 3.19. The summed E-state index contributed by atoms with van der Waals surface area (Å²) in [6.45, 7) is 3.11. The highest BCUT2D eigenvalue weighted by atomic mass is 32.2. The van der Waals surface area contributed by atoms with Crippen molar-refractivity contribution in [3.05, 3.63) is 29.3 Å². The van der Waals surface area contributed by atoms with Crippen LogP contribution >= 0.6 is 0 Å². The third-order valence-corrected chi connectivity index (χ3v) is 6.35. The van der Waals surface area contributed by atoms with Crippen molar-refractivity contribution in [2.45, 2.75) is 24.2 Å². The van der Waals surface area contributed by atoms with E-state index in [-0.39, 0.29) is 6.61 Å². The molecule has 1 heterocycles. The highest BCUT2D eigenvalue weighted by Crippen LogP contribution is 2.26. The van der Waals surface area contributed by atoms with E-state index in [0.29, 0.717) is 37.6 Å². The zero-order valence-electron chi connectivity index (χ0n) is 12.2. The number of piperazine rings is 1. The zero-order chi connectivity index (χ0) is 14.9. The maximum absolute atomic E-state index is 12.7.